The molecule has 7 nitrogen and oxygen atoms in total. The summed E-state index contributed by atoms with van der Waals surface area (Å²) in [6.07, 6.45) is 2.92. The number of hydrogen-bond acceptors (Lipinski definition) is 5. The van der Waals surface area contributed by atoms with Gasteiger partial charge in [0.1, 0.15) is 0 Å². The van der Waals surface area contributed by atoms with Crippen molar-refractivity contribution in [2.45, 2.75) is 25.3 Å². The van der Waals surface area contributed by atoms with Gasteiger partial charge in [0.2, 0.25) is 5.82 Å². The number of nitrogens with two attached hydrogens (primary N) is 1. The fourth-order valence-corrected chi connectivity index (χ4v) is 1.65. The van der Waals surface area contributed by atoms with Crippen LogP contribution in [0, 0.1) is 0 Å². The summed E-state index contributed by atoms with van der Waals surface area (Å²) in [4.78, 5) is 26.5. The standard InChI is InChI=1S/C9H15N5O2/c10-4-1-5-14(6-2-3-6)7-8(15)11-9(16)13-12-7/h6H,1-5,10H2,(H2,11,13,15,16). The summed E-state index contributed by atoms with van der Waals surface area (Å²) in [5.41, 5.74) is 4.43. The second-order valence-electron chi connectivity index (χ2n) is 3.90. The van der Waals surface area contributed by atoms with E-state index >= 15 is 0 Å². The van der Waals surface area contributed by atoms with Crippen LogP contribution in [0.2, 0.25) is 0 Å². The van der Waals surface area contributed by atoms with Gasteiger partial charge in [-0.2, -0.15) is 0 Å². The van der Waals surface area contributed by atoms with Gasteiger partial charge in [-0.15, -0.1) is 5.10 Å². The average Bonchev–Trinajstić information content (AvgIpc) is 3.05. The number of hydrogen-bond donors (Lipinski definition) is 3. The van der Waals surface area contributed by atoms with Crippen molar-refractivity contribution in [3.05, 3.63) is 20.8 Å². The highest BCUT2D eigenvalue weighted by atomic mass is 16.2. The molecule has 1 saturated carbocycles. The van der Waals surface area contributed by atoms with E-state index in [1.165, 1.54) is 0 Å². The smallest absolute Gasteiger partial charge is 0.342 e. The Balaban J connectivity index is 2.24. The second-order valence-corrected chi connectivity index (χ2v) is 3.90. The van der Waals surface area contributed by atoms with Gasteiger partial charge in [-0.3, -0.25) is 9.78 Å². The molecule has 0 unspecified atom stereocenters. The minimum absolute atomic E-state index is 0.288. The molecule has 1 aromatic heterocycles. The van der Waals surface area contributed by atoms with Crippen LogP contribution in [-0.2, 0) is 0 Å². The van der Waals surface area contributed by atoms with Gasteiger partial charge in [0.05, 0.1) is 0 Å². The zero-order chi connectivity index (χ0) is 11.5. The van der Waals surface area contributed by atoms with E-state index in [0.29, 0.717) is 19.1 Å². The molecule has 1 fully saturated rings. The highest BCUT2D eigenvalue weighted by Gasteiger charge is 2.31. The first-order valence-electron chi connectivity index (χ1n) is 5.38. The largest absolute Gasteiger partial charge is 0.348 e. The Morgan fingerprint density at radius 2 is 2.19 bits per heavy atom. The number of nitrogens with zero attached hydrogens (tertiary/aromatic N) is 2. The topological polar surface area (TPSA) is 108 Å². The first kappa shape index (κ1) is 10.9. The number of aromatic amines is 2. The van der Waals surface area contributed by atoms with Crippen LogP contribution >= 0.6 is 0 Å². The molecule has 0 bridgehead atoms. The van der Waals surface area contributed by atoms with Crippen LogP contribution in [0.25, 0.3) is 0 Å². The predicted octanol–water partition coefficient (Wildman–Crippen LogP) is -1.22. The fourth-order valence-electron chi connectivity index (χ4n) is 1.65. The molecule has 7 heteroatoms. The molecule has 0 saturated heterocycles. The van der Waals surface area contributed by atoms with E-state index < -0.39 is 11.2 Å². The van der Waals surface area contributed by atoms with E-state index in [1.54, 1.807) is 0 Å². The Labute approximate surface area is 91.7 Å². The van der Waals surface area contributed by atoms with E-state index in [-0.39, 0.29) is 5.82 Å². The maximum atomic E-state index is 11.6. The van der Waals surface area contributed by atoms with Crippen molar-refractivity contribution < 1.29 is 0 Å². The van der Waals surface area contributed by atoms with Gasteiger partial charge in [-0.25, -0.2) is 9.89 Å². The monoisotopic (exact) mass is 225 g/mol. The number of rotatable bonds is 5. The number of aromatic nitrogens is 3. The van der Waals surface area contributed by atoms with E-state index in [2.05, 4.69) is 15.2 Å². The van der Waals surface area contributed by atoms with Crippen LogP contribution < -0.4 is 21.9 Å². The van der Waals surface area contributed by atoms with Crippen LogP contribution in [0.3, 0.4) is 0 Å². The molecule has 1 heterocycles. The van der Waals surface area contributed by atoms with Gasteiger partial charge in [0, 0.05) is 12.6 Å². The normalized spacial score (nSPS) is 15.1. The highest BCUT2D eigenvalue weighted by molar-refractivity contribution is 5.37. The van der Waals surface area contributed by atoms with Gasteiger partial charge in [0.25, 0.3) is 5.56 Å². The van der Waals surface area contributed by atoms with Gasteiger partial charge in [-0.1, -0.05) is 0 Å². The quantitative estimate of drug-likeness (QED) is 0.582. The van der Waals surface area contributed by atoms with Gasteiger partial charge in [0.15, 0.2) is 0 Å². The third kappa shape index (κ3) is 2.30. The molecule has 1 aliphatic carbocycles. The zero-order valence-electron chi connectivity index (χ0n) is 8.90. The fraction of sp³-hybridized carbons (Fsp3) is 0.667. The van der Waals surface area contributed by atoms with Gasteiger partial charge >= 0.3 is 5.69 Å². The summed E-state index contributed by atoms with van der Waals surface area (Å²) in [5, 5.41) is 6.04. The minimum Gasteiger partial charge on any atom is -0.348 e. The third-order valence-corrected chi connectivity index (χ3v) is 2.56. The van der Waals surface area contributed by atoms with Gasteiger partial charge < -0.3 is 10.6 Å². The lowest BCUT2D eigenvalue weighted by Crippen LogP contribution is -2.37. The summed E-state index contributed by atoms with van der Waals surface area (Å²) >= 11 is 0. The van der Waals surface area contributed by atoms with Crippen molar-refractivity contribution in [3.63, 3.8) is 0 Å². The summed E-state index contributed by atoms with van der Waals surface area (Å²) in [6.45, 7) is 1.27. The Kier molecular flexibility index (Phi) is 3.04. The maximum absolute atomic E-state index is 11.6. The van der Waals surface area contributed by atoms with E-state index in [4.69, 9.17) is 5.73 Å². The van der Waals surface area contributed by atoms with Crippen LogP contribution in [0.1, 0.15) is 19.3 Å². The molecule has 2 rings (SSSR count). The summed E-state index contributed by atoms with van der Waals surface area (Å²) in [7, 11) is 0. The van der Waals surface area contributed by atoms with Crippen LogP contribution in [0.4, 0.5) is 5.82 Å². The highest BCUT2D eigenvalue weighted by Crippen LogP contribution is 2.28. The molecule has 0 radical (unpaired) electrons. The molecule has 0 amide bonds. The number of nitrogens with one attached hydrogen (secondary N) is 2. The Bertz CT molecular complexity index is 461. The molecule has 0 aromatic carbocycles. The lowest BCUT2D eigenvalue weighted by molar-refractivity contribution is 0.702. The lowest BCUT2D eigenvalue weighted by Gasteiger charge is -2.21. The zero-order valence-corrected chi connectivity index (χ0v) is 8.90. The van der Waals surface area contributed by atoms with E-state index in [9.17, 15) is 9.59 Å². The van der Waals surface area contributed by atoms with Crippen molar-refractivity contribution in [1.29, 1.82) is 0 Å². The number of anilines is 1. The van der Waals surface area contributed by atoms with E-state index in [0.717, 1.165) is 19.3 Å². The molecule has 16 heavy (non-hydrogen) atoms. The van der Waals surface area contributed by atoms with Crippen LogP contribution in [-0.4, -0.2) is 34.3 Å². The van der Waals surface area contributed by atoms with Crippen molar-refractivity contribution in [1.82, 2.24) is 15.2 Å². The number of H-pyrrole nitrogens is 2. The van der Waals surface area contributed by atoms with Gasteiger partial charge in [-0.05, 0) is 25.8 Å². The Morgan fingerprint density at radius 1 is 1.44 bits per heavy atom. The second kappa shape index (κ2) is 4.48. The molecular weight excluding hydrogens is 210 g/mol. The summed E-state index contributed by atoms with van der Waals surface area (Å²) < 4.78 is 0. The molecule has 0 spiro atoms. The lowest BCUT2D eigenvalue weighted by atomic mass is 10.3. The van der Waals surface area contributed by atoms with Crippen molar-refractivity contribution in [2.75, 3.05) is 18.0 Å². The Hall–Kier alpha value is -1.63. The SMILES string of the molecule is NCCCN(c1n[nH]c(=O)[nH]c1=O)C1CC1. The van der Waals surface area contributed by atoms with Crippen LogP contribution in [0.15, 0.2) is 9.59 Å². The third-order valence-electron chi connectivity index (χ3n) is 2.56. The summed E-state index contributed by atoms with van der Waals surface area (Å²) in [5.74, 6) is 0.288. The predicted molar refractivity (Wildman–Crippen MR) is 59.5 cm³/mol. The minimum atomic E-state index is -0.580. The first-order valence-corrected chi connectivity index (χ1v) is 5.38. The first-order chi connectivity index (χ1) is 7.72. The summed E-state index contributed by atoms with van der Waals surface area (Å²) in [6, 6.07) is 0.367. The van der Waals surface area contributed by atoms with Crippen molar-refractivity contribution >= 4 is 5.82 Å². The molecule has 0 aliphatic heterocycles. The maximum Gasteiger partial charge on any atom is 0.342 e. The molecule has 0 atom stereocenters. The average molecular weight is 225 g/mol. The molecule has 1 aliphatic rings. The molecule has 88 valence electrons. The Morgan fingerprint density at radius 3 is 2.75 bits per heavy atom. The van der Waals surface area contributed by atoms with Crippen LogP contribution in [0.5, 0.6) is 0 Å². The molecule has 1 aromatic rings. The molecule has 4 N–H and O–H groups in total. The van der Waals surface area contributed by atoms with Crippen molar-refractivity contribution in [2.24, 2.45) is 5.73 Å². The molecular formula is C9H15N5O2. The van der Waals surface area contributed by atoms with E-state index in [1.807, 2.05) is 4.90 Å². The van der Waals surface area contributed by atoms with Crippen molar-refractivity contribution in [3.8, 4) is 0 Å².